The molecule has 0 aliphatic heterocycles. The largest absolute Gasteiger partial charge is 0.469 e. The van der Waals surface area contributed by atoms with Crippen LogP contribution >= 0.6 is 22.9 Å². The molecule has 1 saturated carbocycles. The molecule has 1 N–H and O–H groups in total. The molecule has 1 aliphatic rings. The van der Waals surface area contributed by atoms with Gasteiger partial charge in [0.1, 0.15) is 0 Å². The van der Waals surface area contributed by atoms with Crippen LogP contribution in [0.25, 0.3) is 0 Å². The van der Waals surface area contributed by atoms with Crippen molar-refractivity contribution in [3.8, 4) is 0 Å². The minimum atomic E-state index is -3.51. The molecule has 8 heteroatoms. The fourth-order valence-corrected chi connectivity index (χ4v) is 5.47. The first-order valence-electron chi connectivity index (χ1n) is 6.74. The van der Waals surface area contributed by atoms with Crippen LogP contribution in [0.2, 0.25) is 4.34 Å². The van der Waals surface area contributed by atoms with Gasteiger partial charge in [-0.05, 0) is 31.4 Å². The smallest absolute Gasteiger partial charge is 0.310 e. The number of nitrogens with one attached hydrogen (secondary N) is 1. The zero-order chi connectivity index (χ0) is 15.5. The number of carbonyl (C=O) groups excluding carboxylic acids is 1. The van der Waals surface area contributed by atoms with Gasteiger partial charge < -0.3 is 4.74 Å². The van der Waals surface area contributed by atoms with Crippen LogP contribution in [0.4, 0.5) is 0 Å². The van der Waals surface area contributed by atoms with Gasteiger partial charge in [0, 0.05) is 11.4 Å². The van der Waals surface area contributed by atoms with Crippen molar-refractivity contribution in [1.82, 2.24) is 4.72 Å². The zero-order valence-electron chi connectivity index (χ0n) is 11.7. The van der Waals surface area contributed by atoms with Gasteiger partial charge >= 0.3 is 5.97 Å². The fraction of sp³-hybridized carbons (Fsp3) is 0.615. The first-order valence-corrected chi connectivity index (χ1v) is 9.48. The molecule has 2 rings (SSSR count). The van der Waals surface area contributed by atoms with Crippen molar-refractivity contribution in [2.24, 2.45) is 5.92 Å². The van der Waals surface area contributed by atoms with Crippen molar-refractivity contribution in [3.63, 3.8) is 0 Å². The highest BCUT2D eigenvalue weighted by Gasteiger charge is 2.41. The van der Waals surface area contributed by atoms with E-state index in [0.29, 0.717) is 30.1 Å². The van der Waals surface area contributed by atoms with Gasteiger partial charge in [-0.25, -0.2) is 13.1 Å². The maximum Gasteiger partial charge on any atom is 0.310 e. The molecular formula is C13H18ClNO4S2. The number of thiophene rings is 1. The summed E-state index contributed by atoms with van der Waals surface area (Å²) in [6, 6.07) is 3.68. The molecule has 118 valence electrons. The molecule has 0 spiro atoms. The molecule has 1 heterocycles. The number of sulfonamides is 1. The molecule has 0 saturated heterocycles. The molecule has 1 aromatic heterocycles. The van der Waals surface area contributed by atoms with Crippen molar-refractivity contribution in [2.45, 2.75) is 30.9 Å². The Morgan fingerprint density at radius 2 is 2.24 bits per heavy atom. The van der Waals surface area contributed by atoms with Crippen molar-refractivity contribution < 1.29 is 17.9 Å². The maximum atomic E-state index is 12.3. The zero-order valence-corrected chi connectivity index (χ0v) is 14.1. The van der Waals surface area contributed by atoms with E-state index in [9.17, 15) is 13.2 Å². The summed E-state index contributed by atoms with van der Waals surface area (Å²) in [5, 5.41) is -0.683. The molecule has 2 unspecified atom stereocenters. The van der Waals surface area contributed by atoms with E-state index in [1.165, 1.54) is 18.4 Å². The van der Waals surface area contributed by atoms with Crippen molar-refractivity contribution >= 4 is 38.9 Å². The third-order valence-corrected chi connectivity index (χ3v) is 6.92. The molecule has 0 bridgehead atoms. The summed E-state index contributed by atoms with van der Waals surface area (Å²) in [7, 11) is -2.22. The first-order chi connectivity index (χ1) is 9.94. The minimum Gasteiger partial charge on any atom is -0.469 e. The lowest BCUT2D eigenvalue weighted by Crippen LogP contribution is -2.40. The number of carbonyl (C=O) groups is 1. The van der Waals surface area contributed by atoms with Crippen molar-refractivity contribution in [1.29, 1.82) is 0 Å². The molecule has 1 aliphatic carbocycles. The Balaban J connectivity index is 1.93. The summed E-state index contributed by atoms with van der Waals surface area (Å²) >= 11 is 7.27. The Morgan fingerprint density at radius 3 is 2.86 bits per heavy atom. The molecule has 1 fully saturated rings. The summed E-state index contributed by atoms with van der Waals surface area (Å²) in [5.41, 5.74) is 0. The number of halogens is 1. The van der Waals surface area contributed by atoms with Gasteiger partial charge in [-0.2, -0.15) is 0 Å². The predicted octanol–water partition coefficient (Wildman–Crippen LogP) is 2.21. The SMILES string of the molecule is COC(=O)C1CCCC1S(=O)(=O)NCCc1ccc(Cl)s1. The fourth-order valence-electron chi connectivity index (χ4n) is 2.63. The monoisotopic (exact) mass is 351 g/mol. The molecule has 5 nitrogen and oxygen atoms in total. The van der Waals surface area contributed by atoms with Gasteiger partial charge in [0.05, 0.1) is 22.6 Å². The lowest BCUT2D eigenvalue weighted by atomic mass is 10.1. The molecule has 1 aromatic rings. The normalized spacial score (nSPS) is 22.4. The second-order valence-electron chi connectivity index (χ2n) is 4.99. The van der Waals surface area contributed by atoms with Crippen molar-refractivity contribution in [3.05, 3.63) is 21.3 Å². The predicted molar refractivity (Wildman–Crippen MR) is 83.1 cm³/mol. The molecule has 0 radical (unpaired) electrons. The average molecular weight is 352 g/mol. The number of ether oxygens (including phenoxy) is 1. The highest BCUT2D eigenvalue weighted by atomic mass is 35.5. The highest BCUT2D eigenvalue weighted by Crippen LogP contribution is 2.31. The summed E-state index contributed by atoms with van der Waals surface area (Å²) < 4.78 is 32.6. The summed E-state index contributed by atoms with van der Waals surface area (Å²) in [6.45, 7) is 0.309. The standard InChI is InChI=1S/C13H18ClNO4S2/c1-19-13(16)10-3-2-4-11(10)21(17,18)15-8-7-9-5-6-12(14)20-9/h5-6,10-11,15H,2-4,7-8H2,1H3. The second kappa shape index (κ2) is 7.09. The topological polar surface area (TPSA) is 72.5 Å². The third-order valence-electron chi connectivity index (χ3n) is 3.66. The van der Waals surface area contributed by atoms with Gasteiger partial charge in [0.15, 0.2) is 0 Å². The molecular weight excluding hydrogens is 334 g/mol. The summed E-state index contributed by atoms with van der Waals surface area (Å²) in [4.78, 5) is 12.7. The molecule has 21 heavy (non-hydrogen) atoms. The lowest BCUT2D eigenvalue weighted by Gasteiger charge is -2.18. The second-order valence-corrected chi connectivity index (χ2v) is 8.78. The third kappa shape index (κ3) is 4.18. The van der Waals surface area contributed by atoms with Crippen LogP contribution in [-0.4, -0.2) is 33.3 Å². The first kappa shape index (κ1) is 16.7. The summed E-state index contributed by atoms with van der Waals surface area (Å²) in [6.07, 6.45) is 2.39. The van der Waals surface area contributed by atoms with Crippen LogP contribution in [0.1, 0.15) is 24.1 Å². The number of hydrogen-bond acceptors (Lipinski definition) is 5. The van der Waals surface area contributed by atoms with Crippen LogP contribution in [0.3, 0.4) is 0 Å². The Kier molecular flexibility index (Phi) is 5.65. The number of methoxy groups -OCH3 is 1. The van der Waals surface area contributed by atoms with Crippen LogP contribution in [0.5, 0.6) is 0 Å². The van der Waals surface area contributed by atoms with E-state index < -0.39 is 27.2 Å². The minimum absolute atomic E-state index is 0.309. The molecule has 2 atom stereocenters. The van der Waals surface area contributed by atoms with Gasteiger partial charge in [-0.15, -0.1) is 11.3 Å². The summed E-state index contributed by atoms with van der Waals surface area (Å²) in [5.74, 6) is -0.989. The number of rotatable bonds is 6. The Morgan fingerprint density at radius 1 is 1.48 bits per heavy atom. The van der Waals surface area contributed by atoms with Crippen LogP contribution in [0, 0.1) is 5.92 Å². The number of hydrogen-bond donors (Lipinski definition) is 1. The maximum absolute atomic E-state index is 12.3. The van der Waals surface area contributed by atoms with E-state index in [2.05, 4.69) is 4.72 Å². The van der Waals surface area contributed by atoms with Crippen LogP contribution < -0.4 is 4.72 Å². The highest BCUT2D eigenvalue weighted by molar-refractivity contribution is 7.90. The van der Waals surface area contributed by atoms with Crippen molar-refractivity contribution in [2.75, 3.05) is 13.7 Å². The number of esters is 1. The Hall–Kier alpha value is -0.630. The van der Waals surface area contributed by atoms with E-state index in [4.69, 9.17) is 16.3 Å². The van der Waals surface area contributed by atoms with Gasteiger partial charge in [0.2, 0.25) is 10.0 Å². The van der Waals surface area contributed by atoms with Crippen LogP contribution in [0.15, 0.2) is 12.1 Å². The lowest BCUT2D eigenvalue weighted by molar-refractivity contribution is -0.145. The van der Waals surface area contributed by atoms with E-state index in [1.807, 2.05) is 6.07 Å². The molecule has 0 aromatic carbocycles. The van der Waals surface area contributed by atoms with Gasteiger partial charge in [0.25, 0.3) is 0 Å². The quantitative estimate of drug-likeness (QED) is 0.797. The van der Waals surface area contributed by atoms with E-state index in [0.717, 1.165) is 11.3 Å². The molecule has 0 amide bonds. The average Bonchev–Trinajstić information content (AvgIpc) is 3.07. The van der Waals surface area contributed by atoms with Crippen LogP contribution in [-0.2, 0) is 26.0 Å². The van der Waals surface area contributed by atoms with E-state index in [1.54, 1.807) is 6.07 Å². The van der Waals surface area contributed by atoms with Gasteiger partial charge in [-0.3, -0.25) is 4.79 Å². The van der Waals surface area contributed by atoms with E-state index in [-0.39, 0.29) is 0 Å². The Bertz CT molecular complexity index is 599. The Labute approximate surface area is 133 Å². The van der Waals surface area contributed by atoms with Gasteiger partial charge in [-0.1, -0.05) is 18.0 Å². The van der Waals surface area contributed by atoms with E-state index >= 15 is 0 Å².